The molecule has 4 heteroatoms. The molecule has 2 atom stereocenters. The van der Waals surface area contributed by atoms with Gasteiger partial charge in [-0.25, -0.2) is 4.98 Å². The minimum Gasteiger partial charge on any atom is -0.441 e. The fraction of sp³-hybridized carbons (Fsp3) is 0.429. The minimum atomic E-state index is 0.0504. The standard InChI is InChI=1S/C14H16N2O2/c1-8-6-10(17)7-12(15-8)11-4-3-5-13-14(11)16-9(2)18-13/h3-5,8,12,15H,6-7H2,1-2H3. The Hall–Kier alpha value is -1.68. The van der Waals surface area contributed by atoms with E-state index >= 15 is 0 Å². The monoisotopic (exact) mass is 244 g/mol. The largest absolute Gasteiger partial charge is 0.441 e. The molecule has 1 fully saturated rings. The second kappa shape index (κ2) is 4.21. The van der Waals surface area contributed by atoms with Gasteiger partial charge in [-0.05, 0) is 18.6 Å². The lowest BCUT2D eigenvalue weighted by Gasteiger charge is -2.28. The molecule has 94 valence electrons. The molecule has 2 unspecified atom stereocenters. The highest BCUT2D eigenvalue weighted by atomic mass is 16.3. The van der Waals surface area contributed by atoms with Crippen molar-refractivity contribution in [3.63, 3.8) is 0 Å². The molecule has 0 spiro atoms. The molecule has 0 amide bonds. The Morgan fingerprint density at radius 1 is 1.39 bits per heavy atom. The summed E-state index contributed by atoms with van der Waals surface area (Å²) in [4.78, 5) is 16.1. The van der Waals surface area contributed by atoms with Gasteiger partial charge in [0, 0.05) is 31.8 Å². The summed E-state index contributed by atoms with van der Waals surface area (Å²) in [6.07, 6.45) is 1.15. The summed E-state index contributed by atoms with van der Waals surface area (Å²) < 4.78 is 5.53. The smallest absolute Gasteiger partial charge is 0.192 e. The number of nitrogens with zero attached hydrogens (tertiary/aromatic N) is 1. The summed E-state index contributed by atoms with van der Waals surface area (Å²) in [7, 11) is 0. The van der Waals surface area contributed by atoms with Crippen LogP contribution in [0.25, 0.3) is 11.1 Å². The number of para-hydroxylation sites is 1. The Bertz CT molecular complexity index is 603. The van der Waals surface area contributed by atoms with Gasteiger partial charge in [-0.15, -0.1) is 0 Å². The van der Waals surface area contributed by atoms with E-state index in [1.54, 1.807) is 0 Å². The Balaban J connectivity index is 2.05. The zero-order valence-corrected chi connectivity index (χ0v) is 10.6. The van der Waals surface area contributed by atoms with Crippen molar-refractivity contribution in [2.75, 3.05) is 0 Å². The third-order valence-electron chi connectivity index (χ3n) is 3.38. The summed E-state index contributed by atoms with van der Waals surface area (Å²) in [5.74, 6) is 0.969. The predicted molar refractivity (Wildman–Crippen MR) is 68.3 cm³/mol. The normalized spacial score (nSPS) is 24.7. The van der Waals surface area contributed by atoms with Gasteiger partial charge in [0.25, 0.3) is 0 Å². The number of aromatic nitrogens is 1. The number of Topliss-reactive ketones (excluding diaryl/α,β-unsaturated/α-hetero) is 1. The molecule has 18 heavy (non-hydrogen) atoms. The quantitative estimate of drug-likeness (QED) is 0.837. The van der Waals surface area contributed by atoms with E-state index in [9.17, 15) is 4.79 Å². The molecule has 1 aromatic heterocycles. The second-order valence-electron chi connectivity index (χ2n) is 4.99. The van der Waals surface area contributed by atoms with Crippen molar-refractivity contribution >= 4 is 16.9 Å². The van der Waals surface area contributed by atoms with E-state index in [1.807, 2.05) is 32.0 Å². The van der Waals surface area contributed by atoms with Crippen LogP contribution in [0, 0.1) is 6.92 Å². The van der Waals surface area contributed by atoms with Gasteiger partial charge < -0.3 is 9.73 Å². The third-order valence-corrected chi connectivity index (χ3v) is 3.38. The van der Waals surface area contributed by atoms with Crippen molar-refractivity contribution in [1.29, 1.82) is 0 Å². The first-order valence-electron chi connectivity index (χ1n) is 6.27. The number of rotatable bonds is 1. The van der Waals surface area contributed by atoms with Crippen LogP contribution in [0.1, 0.15) is 37.3 Å². The zero-order chi connectivity index (χ0) is 12.7. The van der Waals surface area contributed by atoms with Gasteiger partial charge >= 0.3 is 0 Å². The average molecular weight is 244 g/mol. The van der Waals surface area contributed by atoms with Crippen LogP contribution < -0.4 is 5.32 Å². The van der Waals surface area contributed by atoms with E-state index in [-0.39, 0.29) is 12.1 Å². The Labute approximate surface area is 105 Å². The summed E-state index contributed by atoms with van der Waals surface area (Å²) in [6.45, 7) is 3.88. The molecule has 1 aliphatic heterocycles. The second-order valence-corrected chi connectivity index (χ2v) is 4.99. The molecule has 0 aliphatic carbocycles. The number of oxazole rings is 1. The van der Waals surface area contributed by atoms with E-state index in [1.165, 1.54) is 0 Å². The highest BCUT2D eigenvalue weighted by Gasteiger charge is 2.26. The Morgan fingerprint density at radius 3 is 3.00 bits per heavy atom. The number of carbonyl (C=O) groups is 1. The maximum absolute atomic E-state index is 11.7. The van der Waals surface area contributed by atoms with E-state index in [0.29, 0.717) is 24.5 Å². The van der Waals surface area contributed by atoms with E-state index in [0.717, 1.165) is 16.7 Å². The van der Waals surface area contributed by atoms with Gasteiger partial charge in [-0.1, -0.05) is 12.1 Å². The number of aryl methyl sites for hydroxylation is 1. The number of carbonyl (C=O) groups excluding carboxylic acids is 1. The van der Waals surface area contributed by atoms with Crippen LogP contribution in [0.4, 0.5) is 0 Å². The van der Waals surface area contributed by atoms with Crippen molar-refractivity contribution in [3.05, 3.63) is 29.7 Å². The highest BCUT2D eigenvalue weighted by molar-refractivity contribution is 5.83. The third kappa shape index (κ3) is 1.93. The van der Waals surface area contributed by atoms with Gasteiger partial charge in [0.05, 0.1) is 0 Å². The fourth-order valence-corrected chi connectivity index (χ4v) is 2.68. The van der Waals surface area contributed by atoms with Crippen LogP contribution in [0.2, 0.25) is 0 Å². The number of hydrogen-bond donors (Lipinski definition) is 1. The van der Waals surface area contributed by atoms with E-state index in [4.69, 9.17) is 4.42 Å². The minimum absolute atomic E-state index is 0.0504. The molecule has 1 aromatic carbocycles. The first-order chi connectivity index (χ1) is 8.63. The van der Waals surface area contributed by atoms with Crippen LogP contribution in [0.15, 0.2) is 22.6 Å². The number of nitrogens with one attached hydrogen (secondary N) is 1. The maximum Gasteiger partial charge on any atom is 0.192 e. The number of ketones is 1. The maximum atomic E-state index is 11.7. The van der Waals surface area contributed by atoms with Gasteiger partial charge in [0.1, 0.15) is 11.3 Å². The van der Waals surface area contributed by atoms with Crippen molar-refractivity contribution in [3.8, 4) is 0 Å². The van der Waals surface area contributed by atoms with Crippen molar-refractivity contribution < 1.29 is 9.21 Å². The average Bonchev–Trinajstić information content (AvgIpc) is 2.67. The molecule has 1 N–H and O–H groups in total. The van der Waals surface area contributed by atoms with Gasteiger partial charge in [0.2, 0.25) is 0 Å². The van der Waals surface area contributed by atoms with Gasteiger partial charge in [0.15, 0.2) is 11.5 Å². The number of hydrogen-bond acceptors (Lipinski definition) is 4. The lowest BCUT2D eigenvalue weighted by atomic mass is 9.92. The van der Waals surface area contributed by atoms with E-state index < -0.39 is 0 Å². The first-order valence-corrected chi connectivity index (χ1v) is 6.27. The molecule has 1 aliphatic rings. The lowest BCUT2D eigenvalue weighted by Crippen LogP contribution is -2.38. The molecule has 3 rings (SSSR count). The number of fused-ring (bicyclic) bond motifs is 1. The molecule has 0 bridgehead atoms. The molecular formula is C14H16N2O2. The van der Waals surface area contributed by atoms with E-state index in [2.05, 4.69) is 10.3 Å². The zero-order valence-electron chi connectivity index (χ0n) is 10.6. The molecular weight excluding hydrogens is 228 g/mol. The fourth-order valence-electron chi connectivity index (χ4n) is 2.68. The predicted octanol–water partition coefficient (Wildman–Crippen LogP) is 2.52. The summed E-state index contributed by atoms with van der Waals surface area (Å²) in [5, 5.41) is 3.46. The van der Waals surface area contributed by atoms with Gasteiger partial charge in [-0.2, -0.15) is 0 Å². The highest BCUT2D eigenvalue weighted by Crippen LogP contribution is 2.29. The molecule has 1 saturated heterocycles. The summed E-state index contributed by atoms with van der Waals surface area (Å²) in [6, 6.07) is 6.16. The number of piperidine rings is 1. The van der Waals surface area contributed by atoms with Gasteiger partial charge in [-0.3, -0.25) is 4.79 Å². The summed E-state index contributed by atoms with van der Waals surface area (Å²) in [5.41, 5.74) is 2.72. The van der Waals surface area contributed by atoms with Crippen LogP contribution in [0.3, 0.4) is 0 Å². The topological polar surface area (TPSA) is 55.1 Å². The lowest BCUT2D eigenvalue weighted by molar-refractivity contribution is -0.121. The van der Waals surface area contributed by atoms with Crippen LogP contribution >= 0.6 is 0 Å². The van der Waals surface area contributed by atoms with Crippen molar-refractivity contribution in [1.82, 2.24) is 10.3 Å². The summed E-state index contributed by atoms with van der Waals surface area (Å²) >= 11 is 0. The first kappa shape index (κ1) is 11.4. The van der Waals surface area contributed by atoms with Crippen LogP contribution in [-0.4, -0.2) is 16.8 Å². The SMILES string of the molecule is Cc1nc2c(C3CC(=O)CC(C)N3)cccc2o1. The Kier molecular flexibility index (Phi) is 2.67. The Morgan fingerprint density at radius 2 is 2.22 bits per heavy atom. The van der Waals surface area contributed by atoms with Crippen molar-refractivity contribution in [2.45, 2.75) is 38.8 Å². The van der Waals surface area contributed by atoms with Crippen LogP contribution in [0.5, 0.6) is 0 Å². The molecule has 4 nitrogen and oxygen atoms in total. The molecule has 2 heterocycles. The molecule has 0 radical (unpaired) electrons. The van der Waals surface area contributed by atoms with Crippen molar-refractivity contribution in [2.24, 2.45) is 0 Å². The molecule has 2 aromatic rings. The van der Waals surface area contributed by atoms with Crippen LogP contribution in [-0.2, 0) is 4.79 Å². The molecule has 0 saturated carbocycles. The number of benzene rings is 1.